The van der Waals surface area contributed by atoms with Crippen molar-refractivity contribution < 1.29 is 28.4 Å². The molecule has 6 rings (SSSR count). The Hall–Kier alpha value is -2.48. The van der Waals surface area contributed by atoms with E-state index in [0.717, 1.165) is 52.7 Å². The maximum atomic E-state index is 6.62. The van der Waals surface area contributed by atoms with Crippen LogP contribution in [0, 0.1) is 0 Å². The van der Waals surface area contributed by atoms with Gasteiger partial charge in [0.2, 0.25) is 13.6 Å². The molecule has 0 aliphatic carbocycles. The van der Waals surface area contributed by atoms with E-state index in [1.165, 1.54) is 5.56 Å². The molecule has 29 heavy (non-hydrogen) atoms. The lowest BCUT2D eigenvalue weighted by molar-refractivity contribution is -0.201. The lowest BCUT2D eigenvalue weighted by Crippen LogP contribution is -2.35. The van der Waals surface area contributed by atoms with E-state index < -0.39 is 6.29 Å². The van der Waals surface area contributed by atoms with Crippen LogP contribution in [-0.2, 0) is 15.9 Å². The standard InChI is InChI=1S/C22H23NO6/c1-3-24-22-18-13(4-5-15-21(18)28-11-25-15)19-20(29-22)14-9-17-16(26-10-27-17)8-12(14)6-7-23(19)2/h4-5,8-9,19-20,22H,3,6-7,10-11H2,1-2H3/t19-,20+,22+/m0/s1. The minimum Gasteiger partial charge on any atom is -0.454 e. The number of nitrogens with zero attached hydrogens (tertiary/aromatic N) is 1. The largest absolute Gasteiger partial charge is 0.454 e. The molecule has 7 nitrogen and oxygen atoms in total. The molecule has 3 atom stereocenters. The lowest BCUT2D eigenvalue weighted by atomic mass is 9.87. The van der Waals surface area contributed by atoms with Crippen molar-refractivity contribution in [3.05, 3.63) is 46.5 Å². The lowest BCUT2D eigenvalue weighted by Gasteiger charge is -2.41. The summed E-state index contributed by atoms with van der Waals surface area (Å²) in [6, 6.07) is 8.34. The maximum Gasteiger partial charge on any atom is 0.231 e. The molecule has 4 heterocycles. The van der Waals surface area contributed by atoms with Crippen molar-refractivity contribution in [2.24, 2.45) is 0 Å². The monoisotopic (exact) mass is 397 g/mol. The molecule has 2 aromatic rings. The Morgan fingerprint density at radius 3 is 2.66 bits per heavy atom. The first kappa shape index (κ1) is 17.4. The van der Waals surface area contributed by atoms with Gasteiger partial charge in [0.1, 0.15) is 6.10 Å². The highest BCUT2D eigenvalue weighted by atomic mass is 16.7. The molecule has 7 heteroatoms. The van der Waals surface area contributed by atoms with Crippen molar-refractivity contribution in [1.29, 1.82) is 0 Å². The molecule has 0 aromatic heterocycles. The Kier molecular flexibility index (Phi) is 3.91. The first-order chi connectivity index (χ1) is 14.2. The molecule has 0 amide bonds. The number of benzene rings is 2. The van der Waals surface area contributed by atoms with Gasteiger partial charge in [-0.05, 0) is 55.3 Å². The van der Waals surface area contributed by atoms with Crippen molar-refractivity contribution in [2.75, 3.05) is 33.8 Å². The summed E-state index contributed by atoms with van der Waals surface area (Å²) in [7, 11) is 2.14. The molecule has 4 aliphatic heterocycles. The predicted octanol–water partition coefficient (Wildman–Crippen LogP) is 3.48. The van der Waals surface area contributed by atoms with Crippen LogP contribution >= 0.6 is 0 Å². The third-order valence-corrected chi connectivity index (χ3v) is 6.19. The van der Waals surface area contributed by atoms with Gasteiger partial charge in [-0.25, -0.2) is 0 Å². The molecule has 0 spiro atoms. The summed E-state index contributed by atoms with van der Waals surface area (Å²) in [6.07, 6.45) is 0.215. The van der Waals surface area contributed by atoms with Crippen LogP contribution < -0.4 is 18.9 Å². The molecule has 0 bridgehead atoms. The van der Waals surface area contributed by atoms with Crippen LogP contribution in [0.15, 0.2) is 24.3 Å². The summed E-state index contributed by atoms with van der Waals surface area (Å²) in [6.45, 7) is 3.91. The summed E-state index contributed by atoms with van der Waals surface area (Å²) in [5.74, 6) is 3.07. The van der Waals surface area contributed by atoms with E-state index in [2.05, 4.69) is 30.1 Å². The second-order valence-corrected chi connectivity index (χ2v) is 7.73. The molecule has 0 unspecified atom stereocenters. The van der Waals surface area contributed by atoms with Crippen LogP contribution in [0.2, 0.25) is 0 Å². The fourth-order valence-electron chi connectivity index (χ4n) is 4.85. The summed E-state index contributed by atoms with van der Waals surface area (Å²) >= 11 is 0. The fraction of sp³-hybridized carbons (Fsp3) is 0.455. The SMILES string of the molecule is CCO[C@@H]1O[C@@H]2c3cc4c(cc3CCN(C)[C@H]2c2ccc3c(c21)OCO3)OCO4. The third kappa shape index (κ3) is 2.54. The summed E-state index contributed by atoms with van der Waals surface area (Å²) in [5, 5.41) is 0. The van der Waals surface area contributed by atoms with E-state index >= 15 is 0 Å². The van der Waals surface area contributed by atoms with Crippen LogP contribution in [0.4, 0.5) is 0 Å². The van der Waals surface area contributed by atoms with Gasteiger partial charge in [0, 0.05) is 13.2 Å². The van der Waals surface area contributed by atoms with E-state index in [9.17, 15) is 0 Å². The topological polar surface area (TPSA) is 58.6 Å². The average molecular weight is 397 g/mol. The number of rotatable bonds is 2. The van der Waals surface area contributed by atoms with Gasteiger partial charge in [-0.15, -0.1) is 0 Å². The zero-order valence-corrected chi connectivity index (χ0v) is 16.5. The minimum atomic E-state index is -0.516. The van der Waals surface area contributed by atoms with E-state index in [4.69, 9.17) is 28.4 Å². The Morgan fingerprint density at radius 1 is 1.00 bits per heavy atom. The van der Waals surface area contributed by atoms with E-state index in [1.54, 1.807) is 0 Å². The quantitative estimate of drug-likeness (QED) is 0.769. The zero-order valence-electron chi connectivity index (χ0n) is 16.5. The van der Waals surface area contributed by atoms with Gasteiger partial charge in [-0.2, -0.15) is 0 Å². The van der Waals surface area contributed by atoms with Crippen LogP contribution in [0.1, 0.15) is 47.6 Å². The van der Waals surface area contributed by atoms with Gasteiger partial charge < -0.3 is 28.4 Å². The molecular formula is C22H23NO6. The highest BCUT2D eigenvalue weighted by Gasteiger charge is 2.44. The van der Waals surface area contributed by atoms with Gasteiger partial charge in [-0.3, -0.25) is 4.90 Å². The second-order valence-electron chi connectivity index (χ2n) is 7.73. The zero-order chi connectivity index (χ0) is 19.5. The van der Waals surface area contributed by atoms with Crippen molar-refractivity contribution in [3.8, 4) is 23.0 Å². The number of fused-ring (bicyclic) bond motifs is 8. The van der Waals surface area contributed by atoms with E-state index in [0.29, 0.717) is 6.61 Å². The van der Waals surface area contributed by atoms with E-state index in [1.807, 2.05) is 13.0 Å². The van der Waals surface area contributed by atoms with E-state index in [-0.39, 0.29) is 25.7 Å². The van der Waals surface area contributed by atoms with Gasteiger partial charge in [0.05, 0.1) is 11.6 Å². The first-order valence-corrected chi connectivity index (χ1v) is 10.1. The second kappa shape index (κ2) is 6.52. The van der Waals surface area contributed by atoms with Crippen LogP contribution in [0.25, 0.3) is 0 Å². The van der Waals surface area contributed by atoms with Crippen molar-refractivity contribution in [1.82, 2.24) is 4.90 Å². The number of hydrogen-bond acceptors (Lipinski definition) is 7. The molecule has 0 N–H and O–H groups in total. The third-order valence-electron chi connectivity index (χ3n) is 6.19. The highest BCUT2D eigenvalue weighted by molar-refractivity contribution is 5.56. The molecule has 0 fully saturated rings. The average Bonchev–Trinajstić information content (AvgIpc) is 3.36. The molecule has 0 saturated carbocycles. The first-order valence-electron chi connectivity index (χ1n) is 10.1. The Balaban J connectivity index is 1.53. The Morgan fingerprint density at radius 2 is 1.79 bits per heavy atom. The minimum absolute atomic E-state index is 0.0397. The molecule has 4 aliphatic rings. The van der Waals surface area contributed by atoms with Crippen molar-refractivity contribution >= 4 is 0 Å². The predicted molar refractivity (Wildman–Crippen MR) is 102 cm³/mol. The van der Waals surface area contributed by atoms with Gasteiger partial charge >= 0.3 is 0 Å². The Labute approximate surface area is 169 Å². The van der Waals surface area contributed by atoms with Gasteiger partial charge in [0.15, 0.2) is 29.3 Å². The normalized spacial score (nSPS) is 26.5. The number of hydrogen-bond donors (Lipinski definition) is 0. The van der Waals surface area contributed by atoms with Crippen molar-refractivity contribution in [3.63, 3.8) is 0 Å². The van der Waals surface area contributed by atoms with Crippen LogP contribution in [0.3, 0.4) is 0 Å². The van der Waals surface area contributed by atoms with Crippen molar-refractivity contribution in [2.45, 2.75) is 31.8 Å². The molecule has 2 aromatic carbocycles. The van der Waals surface area contributed by atoms with Crippen LogP contribution in [0.5, 0.6) is 23.0 Å². The summed E-state index contributed by atoms with van der Waals surface area (Å²) < 4.78 is 35.3. The van der Waals surface area contributed by atoms with Crippen LogP contribution in [-0.4, -0.2) is 38.7 Å². The van der Waals surface area contributed by atoms with Gasteiger partial charge in [0.25, 0.3) is 0 Å². The Bertz CT molecular complexity index is 976. The smallest absolute Gasteiger partial charge is 0.231 e. The van der Waals surface area contributed by atoms with Gasteiger partial charge in [-0.1, -0.05) is 6.07 Å². The molecular weight excluding hydrogens is 374 g/mol. The molecule has 152 valence electrons. The summed E-state index contributed by atoms with van der Waals surface area (Å²) in [4.78, 5) is 2.35. The molecule has 0 saturated heterocycles. The number of ether oxygens (including phenoxy) is 6. The highest BCUT2D eigenvalue weighted by Crippen LogP contribution is 2.55. The molecule has 0 radical (unpaired) electrons. The maximum absolute atomic E-state index is 6.62. The number of likely N-dealkylation sites (N-methyl/N-ethyl adjacent to an activating group) is 1. The fourth-order valence-corrected chi connectivity index (χ4v) is 4.85. The summed E-state index contributed by atoms with van der Waals surface area (Å²) in [5.41, 5.74) is 4.47.